The van der Waals surface area contributed by atoms with Crippen molar-refractivity contribution in [1.29, 1.82) is 0 Å². The summed E-state index contributed by atoms with van der Waals surface area (Å²) in [6, 6.07) is 0. The number of thiol groups is 1. The molecule has 6 nitrogen and oxygen atoms in total. The summed E-state index contributed by atoms with van der Waals surface area (Å²) in [4.78, 5) is 10.7. The molecule has 1 saturated heterocycles. The lowest BCUT2D eigenvalue weighted by atomic mass is 10.2. The maximum absolute atomic E-state index is 10.7. The number of ether oxygens (including phenoxy) is 2. The Labute approximate surface area is 80.8 Å². The molecule has 0 aliphatic carbocycles. The lowest BCUT2D eigenvalue weighted by molar-refractivity contribution is -0.00995. The predicted molar refractivity (Wildman–Crippen MR) is 46.9 cm³/mol. The van der Waals surface area contributed by atoms with E-state index in [2.05, 4.69) is 12.6 Å². The zero-order valence-electron chi connectivity index (χ0n) is 6.84. The summed E-state index contributed by atoms with van der Waals surface area (Å²) in [5.74, 6) is 4.82. The minimum absolute atomic E-state index is 0.209. The molecule has 0 bridgehead atoms. The van der Waals surface area contributed by atoms with Crippen LogP contribution in [0.25, 0.3) is 0 Å². The van der Waals surface area contributed by atoms with Gasteiger partial charge in [-0.05, 0) is 0 Å². The third-order valence-corrected chi connectivity index (χ3v) is 2.07. The van der Waals surface area contributed by atoms with Crippen LogP contribution in [-0.2, 0) is 9.47 Å². The van der Waals surface area contributed by atoms with Gasteiger partial charge in [0.2, 0.25) is 0 Å². The molecular weight excluding hydrogens is 196 g/mol. The Morgan fingerprint density at radius 3 is 3.08 bits per heavy atom. The van der Waals surface area contributed by atoms with Gasteiger partial charge in [0.05, 0.1) is 6.61 Å². The van der Waals surface area contributed by atoms with Crippen LogP contribution >= 0.6 is 12.6 Å². The zero-order chi connectivity index (χ0) is 9.84. The van der Waals surface area contributed by atoms with Crippen LogP contribution in [0.4, 0.5) is 4.79 Å². The van der Waals surface area contributed by atoms with Gasteiger partial charge >= 0.3 is 6.09 Å². The van der Waals surface area contributed by atoms with Crippen LogP contribution in [0.5, 0.6) is 0 Å². The number of hydrazine groups is 1. The first kappa shape index (κ1) is 10.6. The molecule has 0 aromatic heterocycles. The molecule has 76 valence electrons. The SMILES string of the molecule is NNC(=O)OC1C[C@H](S)O[C@@H]1CO. The maximum Gasteiger partial charge on any atom is 0.421 e. The van der Waals surface area contributed by atoms with Crippen LogP contribution in [-0.4, -0.2) is 35.5 Å². The van der Waals surface area contributed by atoms with E-state index in [1.165, 1.54) is 0 Å². The molecule has 1 rings (SSSR count). The standard InChI is InChI=1S/C6H12N2O4S/c7-8-6(10)12-3-1-5(13)11-4(3)2-9/h3-5,9,13H,1-2,7H2,(H,8,10)/t3?,4-,5+/m1/s1. The molecule has 1 unspecified atom stereocenters. The van der Waals surface area contributed by atoms with Gasteiger partial charge in [0.25, 0.3) is 0 Å². The van der Waals surface area contributed by atoms with Crippen LogP contribution in [0.3, 0.4) is 0 Å². The summed E-state index contributed by atoms with van der Waals surface area (Å²) in [5, 5.41) is 8.84. The molecule has 1 fully saturated rings. The van der Waals surface area contributed by atoms with Crippen LogP contribution in [0, 0.1) is 0 Å². The minimum Gasteiger partial charge on any atom is -0.442 e. The Morgan fingerprint density at radius 1 is 1.85 bits per heavy atom. The molecule has 1 amide bonds. The Kier molecular flexibility index (Phi) is 3.79. The first-order valence-electron chi connectivity index (χ1n) is 3.79. The molecule has 0 aromatic carbocycles. The van der Waals surface area contributed by atoms with E-state index in [4.69, 9.17) is 20.4 Å². The van der Waals surface area contributed by atoms with Gasteiger partial charge in [0.15, 0.2) is 0 Å². The highest BCUT2D eigenvalue weighted by atomic mass is 32.1. The highest BCUT2D eigenvalue weighted by Crippen LogP contribution is 2.24. The van der Waals surface area contributed by atoms with Crippen molar-refractivity contribution >= 4 is 18.7 Å². The van der Waals surface area contributed by atoms with Gasteiger partial charge in [-0.1, -0.05) is 0 Å². The fourth-order valence-electron chi connectivity index (χ4n) is 1.15. The van der Waals surface area contributed by atoms with Crippen LogP contribution < -0.4 is 11.3 Å². The maximum atomic E-state index is 10.7. The van der Waals surface area contributed by atoms with Gasteiger partial charge < -0.3 is 14.6 Å². The van der Waals surface area contributed by atoms with E-state index in [0.717, 1.165) is 0 Å². The highest BCUT2D eigenvalue weighted by Gasteiger charge is 2.35. The third kappa shape index (κ3) is 2.73. The molecule has 7 heteroatoms. The normalized spacial score (nSPS) is 33.0. The number of carbonyl (C=O) groups is 1. The average molecular weight is 208 g/mol. The second kappa shape index (κ2) is 4.66. The number of hydrogen-bond donors (Lipinski definition) is 4. The number of amides is 1. The fourth-order valence-corrected chi connectivity index (χ4v) is 1.52. The van der Waals surface area contributed by atoms with Crippen molar-refractivity contribution in [2.45, 2.75) is 24.1 Å². The van der Waals surface area contributed by atoms with E-state index >= 15 is 0 Å². The number of aliphatic hydroxyl groups is 1. The lowest BCUT2D eigenvalue weighted by Crippen LogP contribution is -2.37. The molecule has 0 saturated carbocycles. The van der Waals surface area contributed by atoms with Crippen molar-refractivity contribution in [3.05, 3.63) is 0 Å². The van der Waals surface area contributed by atoms with E-state index in [9.17, 15) is 4.79 Å². The molecule has 4 N–H and O–H groups in total. The predicted octanol–water partition coefficient (Wildman–Crippen LogP) is -1.01. The van der Waals surface area contributed by atoms with Crippen molar-refractivity contribution in [3.8, 4) is 0 Å². The summed E-state index contributed by atoms with van der Waals surface area (Å²) in [6.45, 7) is -0.209. The van der Waals surface area contributed by atoms with Crippen molar-refractivity contribution in [3.63, 3.8) is 0 Å². The fraction of sp³-hybridized carbons (Fsp3) is 0.833. The van der Waals surface area contributed by atoms with Gasteiger partial charge in [-0.2, -0.15) is 0 Å². The second-order valence-corrected chi connectivity index (χ2v) is 3.21. The molecule has 13 heavy (non-hydrogen) atoms. The van der Waals surface area contributed by atoms with Gasteiger partial charge in [-0.25, -0.2) is 10.6 Å². The van der Waals surface area contributed by atoms with E-state index in [1.807, 2.05) is 5.43 Å². The Hall–Kier alpha value is -0.500. The Bertz CT molecular complexity index is 191. The van der Waals surface area contributed by atoms with Gasteiger partial charge in [0.1, 0.15) is 17.6 Å². The van der Waals surface area contributed by atoms with Gasteiger partial charge in [-0.15, -0.1) is 12.6 Å². The monoisotopic (exact) mass is 208 g/mol. The lowest BCUT2D eigenvalue weighted by Gasteiger charge is -2.15. The largest absolute Gasteiger partial charge is 0.442 e. The molecule has 1 aliphatic heterocycles. The van der Waals surface area contributed by atoms with Crippen molar-refractivity contribution in [2.75, 3.05) is 6.61 Å². The van der Waals surface area contributed by atoms with E-state index in [1.54, 1.807) is 0 Å². The zero-order valence-corrected chi connectivity index (χ0v) is 7.74. The molecule has 0 aromatic rings. The highest BCUT2D eigenvalue weighted by molar-refractivity contribution is 7.80. The second-order valence-electron chi connectivity index (χ2n) is 2.64. The molecule has 1 aliphatic rings. The summed E-state index contributed by atoms with van der Waals surface area (Å²) >= 11 is 4.04. The van der Waals surface area contributed by atoms with E-state index < -0.39 is 18.3 Å². The first-order valence-corrected chi connectivity index (χ1v) is 4.30. The smallest absolute Gasteiger partial charge is 0.421 e. The number of carbonyl (C=O) groups excluding carboxylic acids is 1. The van der Waals surface area contributed by atoms with Gasteiger partial charge in [0, 0.05) is 6.42 Å². The molecular formula is C6H12N2O4S. The van der Waals surface area contributed by atoms with Crippen LogP contribution in [0.1, 0.15) is 6.42 Å². The van der Waals surface area contributed by atoms with Gasteiger partial charge in [-0.3, -0.25) is 5.43 Å². The average Bonchev–Trinajstić information content (AvgIpc) is 2.46. The molecule has 1 heterocycles. The molecule has 0 spiro atoms. The quantitative estimate of drug-likeness (QED) is 0.202. The third-order valence-electron chi connectivity index (χ3n) is 1.74. The minimum atomic E-state index is -0.741. The number of hydrogen-bond acceptors (Lipinski definition) is 6. The Balaban J connectivity index is 2.43. The molecule has 0 radical (unpaired) electrons. The van der Waals surface area contributed by atoms with E-state index in [-0.39, 0.29) is 12.0 Å². The topological polar surface area (TPSA) is 93.8 Å². The van der Waals surface area contributed by atoms with Crippen LogP contribution in [0.2, 0.25) is 0 Å². The number of nitrogens with two attached hydrogens (primary N) is 1. The Morgan fingerprint density at radius 2 is 2.54 bits per heavy atom. The number of nitrogens with one attached hydrogen (secondary N) is 1. The summed E-state index contributed by atoms with van der Waals surface area (Å²) in [5.41, 5.74) is 1.52. The summed E-state index contributed by atoms with van der Waals surface area (Å²) in [7, 11) is 0. The van der Waals surface area contributed by atoms with Crippen LogP contribution in [0.15, 0.2) is 0 Å². The van der Waals surface area contributed by atoms with E-state index in [0.29, 0.717) is 6.42 Å². The number of rotatable bonds is 2. The molecule has 3 atom stereocenters. The van der Waals surface area contributed by atoms with Crippen molar-refractivity contribution < 1.29 is 19.4 Å². The first-order chi connectivity index (χ1) is 6.17. The number of aliphatic hydroxyl groups excluding tert-OH is 1. The van der Waals surface area contributed by atoms with Crippen molar-refractivity contribution in [1.82, 2.24) is 5.43 Å². The summed E-state index contributed by atoms with van der Waals surface area (Å²) < 4.78 is 9.96. The van der Waals surface area contributed by atoms with Crippen molar-refractivity contribution in [2.24, 2.45) is 5.84 Å². The summed E-state index contributed by atoms with van der Waals surface area (Å²) in [6.07, 6.45) is -1.30.